The Morgan fingerprint density at radius 3 is 2.55 bits per heavy atom. The monoisotopic (exact) mass is 295 g/mol. The van der Waals surface area contributed by atoms with Gasteiger partial charge in [0, 0.05) is 18.6 Å². The molecule has 0 bridgehead atoms. The van der Waals surface area contributed by atoms with E-state index in [4.69, 9.17) is 9.84 Å². The number of rotatable bonds is 3. The van der Waals surface area contributed by atoms with Crippen molar-refractivity contribution >= 4 is 5.97 Å². The lowest BCUT2D eigenvalue weighted by Crippen LogP contribution is -2.57. The van der Waals surface area contributed by atoms with Crippen molar-refractivity contribution in [2.24, 2.45) is 5.92 Å². The van der Waals surface area contributed by atoms with Crippen LogP contribution in [0.2, 0.25) is 0 Å². The molecular formula is C13H20F3NO3. The fourth-order valence-corrected chi connectivity index (χ4v) is 3.50. The van der Waals surface area contributed by atoms with Gasteiger partial charge in [0.1, 0.15) is 0 Å². The minimum Gasteiger partial charge on any atom is -0.481 e. The van der Waals surface area contributed by atoms with Gasteiger partial charge in [0.2, 0.25) is 0 Å². The highest BCUT2D eigenvalue weighted by atomic mass is 19.4. The normalized spacial score (nSPS) is 33.0. The van der Waals surface area contributed by atoms with Gasteiger partial charge in [0.05, 0.1) is 25.6 Å². The van der Waals surface area contributed by atoms with Gasteiger partial charge in [-0.25, -0.2) is 0 Å². The molecule has 2 aliphatic rings. The molecule has 1 N–H and O–H groups in total. The third-order valence-electron chi connectivity index (χ3n) is 4.45. The van der Waals surface area contributed by atoms with E-state index in [-0.39, 0.29) is 19.3 Å². The van der Waals surface area contributed by atoms with Gasteiger partial charge in [-0.05, 0) is 19.3 Å². The fourth-order valence-electron chi connectivity index (χ4n) is 3.50. The zero-order valence-electron chi connectivity index (χ0n) is 11.3. The molecule has 2 rings (SSSR count). The molecule has 1 aliphatic carbocycles. The molecule has 116 valence electrons. The molecule has 0 radical (unpaired) electrons. The predicted molar refractivity (Wildman–Crippen MR) is 65.4 cm³/mol. The van der Waals surface area contributed by atoms with Crippen molar-refractivity contribution in [1.29, 1.82) is 0 Å². The van der Waals surface area contributed by atoms with Gasteiger partial charge in [0.15, 0.2) is 0 Å². The average molecular weight is 295 g/mol. The second-order valence-electron chi connectivity index (χ2n) is 5.73. The molecule has 2 atom stereocenters. The molecule has 1 aliphatic heterocycles. The Kier molecular flexibility index (Phi) is 4.59. The minimum absolute atomic E-state index is 0.106. The first-order chi connectivity index (χ1) is 9.33. The number of carboxylic acid groups (broad SMARTS) is 1. The maximum absolute atomic E-state index is 13.0. The Morgan fingerprint density at radius 1 is 1.35 bits per heavy atom. The molecule has 0 aromatic heterocycles. The van der Waals surface area contributed by atoms with Crippen LogP contribution in [0.4, 0.5) is 13.2 Å². The zero-order chi connectivity index (χ0) is 14.8. The number of nitrogens with zero attached hydrogens (tertiary/aromatic N) is 1. The molecule has 0 spiro atoms. The van der Waals surface area contributed by atoms with Crippen molar-refractivity contribution < 1.29 is 27.8 Å². The molecule has 20 heavy (non-hydrogen) atoms. The van der Waals surface area contributed by atoms with E-state index >= 15 is 0 Å². The van der Waals surface area contributed by atoms with Crippen molar-refractivity contribution in [2.75, 3.05) is 26.3 Å². The summed E-state index contributed by atoms with van der Waals surface area (Å²) in [7, 11) is 0. The van der Waals surface area contributed by atoms with E-state index in [0.717, 1.165) is 0 Å². The van der Waals surface area contributed by atoms with Crippen LogP contribution in [0.5, 0.6) is 0 Å². The van der Waals surface area contributed by atoms with Crippen LogP contribution >= 0.6 is 0 Å². The first-order valence-electron chi connectivity index (χ1n) is 6.95. The molecule has 1 saturated carbocycles. The predicted octanol–water partition coefficient (Wildman–Crippen LogP) is 2.28. The number of aliphatic carboxylic acids is 1. The summed E-state index contributed by atoms with van der Waals surface area (Å²) in [6, 6.07) is 0. The Balaban J connectivity index is 2.19. The number of morpholine rings is 1. The summed E-state index contributed by atoms with van der Waals surface area (Å²) in [5, 5.41) is 9.11. The molecule has 7 heteroatoms. The van der Waals surface area contributed by atoms with Gasteiger partial charge in [-0.2, -0.15) is 13.2 Å². The van der Waals surface area contributed by atoms with Crippen LogP contribution in [-0.4, -0.2) is 54.0 Å². The standard InChI is InChI=1S/C13H20F3NO3/c14-13(15,16)10-2-1-3-12(8-10,9-11(18)19)17-4-6-20-7-5-17/h10H,1-9H2,(H,18,19). The number of alkyl halides is 3. The molecule has 0 aromatic rings. The molecule has 2 unspecified atom stereocenters. The second kappa shape index (κ2) is 5.89. The third-order valence-corrected chi connectivity index (χ3v) is 4.45. The molecule has 2 fully saturated rings. The number of carbonyl (C=O) groups is 1. The maximum atomic E-state index is 13.0. The Labute approximate surface area is 115 Å². The van der Waals surface area contributed by atoms with Crippen molar-refractivity contribution in [3.8, 4) is 0 Å². The quantitative estimate of drug-likeness (QED) is 0.868. The van der Waals surface area contributed by atoms with Gasteiger partial charge in [0.25, 0.3) is 0 Å². The molecule has 4 nitrogen and oxygen atoms in total. The van der Waals surface area contributed by atoms with Crippen LogP contribution in [0.15, 0.2) is 0 Å². The van der Waals surface area contributed by atoms with Crippen molar-refractivity contribution in [1.82, 2.24) is 4.90 Å². The minimum atomic E-state index is -4.24. The topological polar surface area (TPSA) is 49.8 Å². The van der Waals surface area contributed by atoms with Crippen LogP contribution in [0.25, 0.3) is 0 Å². The highest BCUT2D eigenvalue weighted by Gasteiger charge is 2.50. The van der Waals surface area contributed by atoms with Crippen molar-refractivity contribution in [3.63, 3.8) is 0 Å². The third kappa shape index (κ3) is 3.44. The van der Waals surface area contributed by atoms with Crippen LogP contribution in [0, 0.1) is 5.92 Å². The zero-order valence-corrected chi connectivity index (χ0v) is 11.3. The van der Waals surface area contributed by atoms with E-state index < -0.39 is 23.6 Å². The van der Waals surface area contributed by atoms with E-state index in [0.29, 0.717) is 39.1 Å². The van der Waals surface area contributed by atoms with Gasteiger partial charge >= 0.3 is 12.1 Å². The summed E-state index contributed by atoms with van der Waals surface area (Å²) in [5.74, 6) is -2.42. The lowest BCUT2D eigenvalue weighted by atomic mass is 9.72. The van der Waals surface area contributed by atoms with Crippen molar-refractivity contribution in [2.45, 2.75) is 43.8 Å². The molecular weight excluding hydrogens is 275 g/mol. The van der Waals surface area contributed by atoms with Gasteiger partial charge in [-0.3, -0.25) is 9.69 Å². The highest BCUT2D eigenvalue weighted by Crippen LogP contribution is 2.45. The first-order valence-corrected chi connectivity index (χ1v) is 6.95. The Hall–Kier alpha value is -0.820. The number of carboxylic acids is 1. The summed E-state index contributed by atoms with van der Waals surface area (Å²) in [6.45, 7) is 1.94. The molecule has 0 amide bonds. The number of halogens is 3. The van der Waals surface area contributed by atoms with Crippen LogP contribution in [0.3, 0.4) is 0 Å². The number of ether oxygens (including phenoxy) is 1. The first kappa shape index (κ1) is 15.6. The SMILES string of the molecule is O=C(O)CC1(N2CCOCC2)CCCC(C(F)(F)F)C1. The molecule has 1 heterocycles. The van der Waals surface area contributed by atoms with Gasteiger partial charge < -0.3 is 9.84 Å². The van der Waals surface area contributed by atoms with Crippen LogP contribution < -0.4 is 0 Å². The van der Waals surface area contributed by atoms with Gasteiger partial charge in [-0.15, -0.1) is 0 Å². The van der Waals surface area contributed by atoms with Crippen molar-refractivity contribution in [3.05, 3.63) is 0 Å². The summed E-state index contributed by atoms with van der Waals surface area (Å²) in [6.07, 6.45) is -3.52. The van der Waals surface area contributed by atoms with E-state index in [1.165, 1.54) is 0 Å². The summed E-state index contributed by atoms with van der Waals surface area (Å²) >= 11 is 0. The van der Waals surface area contributed by atoms with Gasteiger partial charge in [-0.1, -0.05) is 6.42 Å². The molecule has 1 saturated heterocycles. The van der Waals surface area contributed by atoms with Crippen LogP contribution in [-0.2, 0) is 9.53 Å². The number of hydrogen-bond acceptors (Lipinski definition) is 3. The summed E-state index contributed by atoms with van der Waals surface area (Å²) < 4.78 is 44.2. The highest BCUT2D eigenvalue weighted by molar-refractivity contribution is 5.68. The summed E-state index contributed by atoms with van der Waals surface area (Å²) in [5.41, 5.74) is -0.867. The smallest absolute Gasteiger partial charge is 0.391 e. The molecule has 0 aromatic carbocycles. The lowest BCUT2D eigenvalue weighted by molar-refractivity contribution is -0.198. The summed E-state index contributed by atoms with van der Waals surface area (Å²) in [4.78, 5) is 13.0. The fraction of sp³-hybridized carbons (Fsp3) is 0.923. The largest absolute Gasteiger partial charge is 0.481 e. The Bertz CT molecular complexity index is 355. The van der Waals surface area contributed by atoms with E-state index in [9.17, 15) is 18.0 Å². The average Bonchev–Trinajstić information content (AvgIpc) is 2.38. The van der Waals surface area contributed by atoms with Crippen LogP contribution in [0.1, 0.15) is 32.1 Å². The second-order valence-corrected chi connectivity index (χ2v) is 5.73. The number of hydrogen-bond donors (Lipinski definition) is 1. The van der Waals surface area contributed by atoms with E-state index in [1.54, 1.807) is 0 Å². The Morgan fingerprint density at radius 2 is 2.00 bits per heavy atom. The lowest BCUT2D eigenvalue weighted by Gasteiger charge is -2.49. The van der Waals surface area contributed by atoms with E-state index in [1.807, 2.05) is 4.90 Å². The van der Waals surface area contributed by atoms with E-state index in [2.05, 4.69) is 0 Å². The maximum Gasteiger partial charge on any atom is 0.391 e.